The standard InChI is InChI=1S/C16H25N3O/c1-4-9-17-12(3)13-5-7-14(8-6-13)18-16(20)19-15-10-11(15)2/h5-8,11-12,15,17H,4,9-10H2,1-3H3,(H2,18,19,20). The van der Waals surface area contributed by atoms with Crippen LogP contribution in [0.3, 0.4) is 0 Å². The Bertz CT molecular complexity index is 444. The van der Waals surface area contributed by atoms with Gasteiger partial charge in [-0.2, -0.15) is 0 Å². The summed E-state index contributed by atoms with van der Waals surface area (Å²) in [5.74, 6) is 0.619. The maximum Gasteiger partial charge on any atom is 0.319 e. The number of carbonyl (C=O) groups is 1. The minimum Gasteiger partial charge on any atom is -0.335 e. The molecule has 3 N–H and O–H groups in total. The maximum atomic E-state index is 11.7. The summed E-state index contributed by atoms with van der Waals surface area (Å²) in [6.07, 6.45) is 2.22. The fraction of sp³-hybridized carbons (Fsp3) is 0.562. The van der Waals surface area contributed by atoms with E-state index in [0.717, 1.165) is 25.1 Å². The smallest absolute Gasteiger partial charge is 0.319 e. The summed E-state index contributed by atoms with van der Waals surface area (Å²) < 4.78 is 0. The molecule has 20 heavy (non-hydrogen) atoms. The highest BCUT2D eigenvalue weighted by Crippen LogP contribution is 2.28. The van der Waals surface area contributed by atoms with Crippen molar-refractivity contribution in [1.29, 1.82) is 0 Å². The van der Waals surface area contributed by atoms with Crippen molar-refractivity contribution in [2.45, 2.75) is 45.7 Å². The van der Waals surface area contributed by atoms with Gasteiger partial charge in [-0.15, -0.1) is 0 Å². The number of hydrogen-bond acceptors (Lipinski definition) is 2. The zero-order valence-corrected chi connectivity index (χ0v) is 12.6. The summed E-state index contributed by atoms with van der Waals surface area (Å²) in [6, 6.07) is 8.61. The first kappa shape index (κ1) is 14.9. The molecule has 1 saturated carbocycles. The Labute approximate surface area is 121 Å². The summed E-state index contributed by atoms with van der Waals surface area (Å²) in [6.45, 7) is 7.47. The fourth-order valence-corrected chi connectivity index (χ4v) is 2.19. The summed E-state index contributed by atoms with van der Waals surface area (Å²) in [4.78, 5) is 11.7. The predicted octanol–water partition coefficient (Wildman–Crippen LogP) is 3.28. The maximum absolute atomic E-state index is 11.7. The first-order valence-corrected chi connectivity index (χ1v) is 7.51. The van der Waals surface area contributed by atoms with Crippen LogP contribution in [0.25, 0.3) is 0 Å². The molecule has 0 saturated heterocycles. The van der Waals surface area contributed by atoms with E-state index in [1.807, 2.05) is 12.1 Å². The van der Waals surface area contributed by atoms with Crippen molar-refractivity contribution in [3.8, 4) is 0 Å². The first-order valence-electron chi connectivity index (χ1n) is 7.51. The van der Waals surface area contributed by atoms with Gasteiger partial charge in [0.1, 0.15) is 0 Å². The molecule has 4 nitrogen and oxygen atoms in total. The lowest BCUT2D eigenvalue weighted by Gasteiger charge is -2.14. The largest absolute Gasteiger partial charge is 0.335 e. The Morgan fingerprint density at radius 2 is 2.00 bits per heavy atom. The van der Waals surface area contributed by atoms with E-state index in [9.17, 15) is 4.79 Å². The molecule has 2 amide bonds. The van der Waals surface area contributed by atoms with Crippen LogP contribution >= 0.6 is 0 Å². The number of rotatable bonds is 6. The van der Waals surface area contributed by atoms with Gasteiger partial charge in [0.25, 0.3) is 0 Å². The van der Waals surface area contributed by atoms with Gasteiger partial charge in [-0.3, -0.25) is 0 Å². The fourth-order valence-electron chi connectivity index (χ4n) is 2.19. The van der Waals surface area contributed by atoms with Crippen LogP contribution < -0.4 is 16.0 Å². The topological polar surface area (TPSA) is 53.2 Å². The van der Waals surface area contributed by atoms with Gasteiger partial charge in [0.2, 0.25) is 0 Å². The molecule has 3 atom stereocenters. The van der Waals surface area contributed by atoms with Gasteiger partial charge < -0.3 is 16.0 Å². The zero-order valence-electron chi connectivity index (χ0n) is 12.6. The third-order valence-electron chi connectivity index (χ3n) is 3.80. The number of anilines is 1. The number of urea groups is 1. The van der Waals surface area contributed by atoms with E-state index in [1.165, 1.54) is 5.56 Å². The van der Waals surface area contributed by atoms with Crippen LogP contribution in [0.2, 0.25) is 0 Å². The molecular weight excluding hydrogens is 250 g/mol. The number of hydrogen-bond donors (Lipinski definition) is 3. The lowest BCUT2D eigenvalue weighted by Crippen LogP contribution is -2.31. The van der Waals surface area contributed by atoms with Gasteiger partial charge in [0, 0.05) is 17.8 Å². The second-order valence-corrected chi connectivity index (χ2v) is 5.72. The third kappa shape index (κ3) is 4.23. The molecule has 0 bridgehead atoms. The third-order valence-corrected chi connectivity index (χ3v) is 3.80. The molecule has 110 valence electrons. The van der Waals surface area contributed by atoms with Gasteiger partial charge >= 0.3 is 6.03 Å². The second-order valence-electron chi connectivity index (χ2n) is 5.72. The van der Waals surface area contributed by atoms with Crippen molar-refractivity contribution in [2.24, 2.45) is 5.92 Å². The number of nitrogens with one attached hydrogen (secondary N) is 3. The monoisotopic (exact) mass is 275 g/mol. The van der Waals surface area contributed by atoms with E-state index < -0.39 is 0 Å². The highest BCUT2D eigenvalue weighted by atomic mass is 16.2. The number of carbonyl (C=O) groups excluding carboxylic acids is 1. The highest BCUT2D eigenvalue weighted by Gasteiger charge is 2.33. The van der Waals surface area contributed by atoms with Crippen LogP contribution in [-0.2, 0) is 0 Å². The van der Waals surface area contributed by atoms with Crippen LogP contribution in [0, 0.1) is 5.92 Å². The van der Waals surface area contributed by atoms with E-state index in [1.54, 1.807) is 0 Å². The molecule has 3 unspecified atom stereocenters. The van der Waals surface area contributed by atoms with Gasteiger partial charge in [-0.1, -0.05) is 26.0 Å². The molecule has 0 radical (unpaired) electrons. The molecule has 0 spiro atoms. The Hall–Kier alpha value is -1.55. The summed E-state index contributed by atoms with van der Waals surface area (Å²) in [5.41, 5.74) is 2.07. The molecule has 0 heterocycles. The normalized spacial score (nSPS) is 22.1. The van der Waals surface area contributed by atoms with Gasteiger partial charge in [0.15, 0.2) is 0 Å². The molecule has 1 aliphatic rings. The van der Waals surface area contributed by atoms with Crippen molar-refractivity contribution in [3.05, 3.63) is 29.8 Å². The quantitative estimate of drug-likeness (QED) is 0.746. The Morgan fingerprint density at radius 1 is 1.35 bits per heavy atom. The van der Waals surface area contributed by atoms with Crippen LogP contribution in [0.4, 0.5) is 10.5 Å². The van der Waals surface area contributed by atoms with Crippen LogP contribution in [0.1, 0.15) is 45.2 Å². The highest BCUT2D eigenvalue weighted by molar-refractivity contribution is 5.89. The predicted molar refractivity (Wildman–Crippen MR) is 82.9 cm³/mol. The van der Waals surface area contributed by atoms with E-state index in [-0.39, 0.29) is 6.03 Å². The summed E-state index contributed by atoms with van der Waals surface area (Å²) >= 11 is 0. The SMILES string of the molecule is CCCNC(C)c1ccc(NC(=O)NC2CC2C)cc1. The van der Waals surface area contributed by atoms with E-state index >= 15 is 0 Å². The Morgan fingerprint density at radius 3 is 2.55 bits per heavy atom. The lowest BCUT2D eigenvalue weighted by molar-refractivity contribution is 0.251. The lowest BCUT2D eigenvalue weighted by atomic mass is 10.1. The number of benzene rings is 1. The summed E-state index contributed by atoms with van der Waals surface area (Å²) in [7, 11) is 0. The molecule has 1 fully saturated rings. The average Bonchev–Trinajstić information content (AvgIpc) is 3.12. The van der Waals surface area contributed by atoms with E-state index in [0.29, 0.717) is 18.0 Å². The van der Waals surface area contributed by atoms with Crippen LogP contribution in [0.15, 0.2) is 24.3 Å². The minimum atomic E-state index is -0.107. The number of amides is 2. The van der Waals surface area contributed by atoms with Crippen molar-refractivity contribution >= 4 is 11.7 Å². The molecule has 1 aromatic rings. The molecule has 2 rings (SSSR count). The molecule has 4 heteroatoms. The molecule has 0 aliphatic heterocycles. The zero-order chi connectivity index (χ0) is 14.5. The van der Waals surface area contributed by atoms with Crippen molar-refractivity contribution in [2.75, 3.05) is 11.9 Å². The minimum absolute atomic E-state index is 0.107. The van der Waals surface area contributed by atoms with Crippen molar-refractivity contribution in [1.82, 2.24) is 10.6 Å². The average molecular weight is 275 g/mol. The van der Waals surface area contributed by atoms with E-state index in [4.69, 9.17) is 0 Å². The van der Waals surface area contributed by atoms with Crippen molar-refractivity contribution < 1.29 is 4.79 Å². The molecule has 1 aromatic carbocycles. The second kappa shape index (κ2) is 6.75. The van der Waals surface area contributed by atoms with Gasteiger partial charge in [0.05, 0.1) is 0 Å². The Kier molecular flexibility index (Phi) is 5.01. The van der Waals surface area contributed by atoms with Crippen LogP contribution in [-0.4, -0.2) is 18.6 Å². The van der Waals surface area contributed by atoms with Crippen molar-refractivity contribution in [3.63, 3.8) is 0 Å². The van der Waals surface area contributed by atoms with Crippen LogP contribution in [0.5, 0.6) is 0 Å². The van der Waals surface area contributed by atoms with E-state index in [2.05, 4.69) is 48.9 Å². The molecular formula is C16H25N3O. The van der Waals surface area contributed by atoms with Gasteiger partial charge in [-0.05, 0) is 49.9 Å². The summed E-state index contributed by atoms with van der Waals surface area (Å²) in [5, 5.41) is 9.28. The first-order chi connectivity index (χ1) is 9.60. The van der Waals surface area contributed by atoms with Gasteiger partial charge in [-0.25, -0.2) is 4.79 Å². The Balaban J connectivity index is 1.82. The molecule has 1 aliphatic carbocycles. The molecule has 0 aromatic heterocycles.